The Labute approximate surface area is 208 Å². The van der Waals surface area contributed by atoms with Gasteiger partial charge in [-0.2, -0.15) is 8.78 Å². The van der Waals surface area contributed by atoms with Gasteiger partial charge in [-0.25, -0.2) is 4.79 Å². The molecule has 0 aromatic heterocycles. The van der Waals surface area contributed by atoms with Crippen molar-refractivity contribution in [3.63, 3.8) is 0 Å². The molecule has 0 saturated heterocycles. The third-order valence-corrected chi connectivity index (χ3v) is 9.23. The molecule has 4 aromatic carbocycles. The highest BCUT2D eigenvalue weighted by Crippen LogP contribution is 2.33. The highest BCUT2D eigenvalue weighted by molar-refractivity contribution is 7.06. The molecule has 0 atom stereocenters. The molecule has 0 saturated carbocycles. The van der Waals surface area contributed by atoms with Gasteiger partial charge in [-0.05, 0) is 39.8 Å². The maximum atomic E-state index is 17.3. The van der Waals surface area contributed by atoms with Crippen LogP contribution < -0.4 is 25.0 Å². The van der Waals surface area contributed by atoms with E-state index < -0.39 is 26.0 Å². The molecule has 0 N–H and O–H groups in total. The Morgan fingerprint density at radius 1 is 0.722 bits per heavy atom. The van der Waals surface area contributed by atoms with Crippen molar-refractivity contribution in [3.05, 3.63) is 114 Å². The van der Waals surface area contributed by atoms with E-state index in [1.807, 2.05) is 0 Å². The van der Waals surface area contributed by atoms with Crippen molar-refractivity contribution in [1.29, 1.82) is 0 Å². The van der Waals surface area contributed by atoms with Crippen LogP contribution in [0.5, 0.6) is 11.5 Å². The number of carbonyl (C=O) groups is 1. The van der Waals surface area contributed by atoms with Gasteiger partial charge in [0.05, 0.1) is 25.3 Å². The van der Waals surface area contributed by atoms with Crippen LogP contribution in [0.15, 0.2) is 103 Å². The van der Waals surface area contributed by atoms with Gasteiger partial charge >= 0.3 is 20.5 Å². The Balaban J connectivity index is 1.79. The zero-order valence-corrected chi connectivity index (χ0v) is 20.6. The summed E-state index contributed by atoms with van der Waals surface area (Å²) in [6.07, 6.45) is -4.12. The van der Waals surface area contributed by atoms with Crippen LogP contribution in [-0.2, 0) is 10.8 Å². The lowest BCUT2D eigenvalue weighted by molar-refractivity contribution is -0.209. The molecule has 0 amide bonds. The zero-order valence-electron chi connectivity index (χ0n) is 19.6. The highest BCUT2D eigenvalue weighted by Gasteiger charge is 2.49. The van der Waals surface area contributed by atoms with E-state index >= 15 is 12.9 Å². The molecule has 0 fully saturated rings. The second-order valence-electron chi connectivity index (χ2n) is 7.91. The third kappa shape index (κ3) is 4.72. The summed E-state index contributed by atoms with van der Waals surface area (Å²) in [5.74, 6) is -0.787. The molecule has 0 unspecified atom stereocenters. The van der Waals surface area contributed by atoms with E-state index in [-0.39, 0.29) is 16.5 Å². The summed E-state index contributed by atoms with van der Waals surface area (Å²) in [5, 5.41) is 0.392. The summed E-state index contributed by atoms with van der Waals surface area (Å²) < 4.78 is 63.4. The first-order valence-electron chi connectivity index (χ1n) is 11.0. The van der Waals surface area contributed by atoms with Gasteiger partial charge in [0.2, 0.25) is 0 Å². The minimum Gasteiger partial charge on any atom is -0.493 e. The summed E-state index contributed by atoms with van der Waals surface area (Å²) in [5.41, 5.74) is -0.875. The Bertz CT molecular complexity index is 1310. The molecule has 0 aliphatic carbocycles. The van der Waals surface area contributed by atoms with E-state index in [1.54, 1.807) is 60.7 Å². The molecule has 0 radical (unpaired) electrons. The summed E-state index contributed by atoms with van der Waals surface area (Å²) in [7, 11) is -1.63. The largest absolute Gasteiger partial charge is 0.493 e. The van der Waals surface area contributed by atoms with Gasteiger partial charge in [0, 0.05) is 0 Å². The minimum atomic E-state index is -4.40. The SMILES string of the molecule is COc1ccc(C(=O)OC(F)(F)c2ccccc2[Si](F)(c2ccccc2)c2ccccc2)cc1OC. The van der Waals surface area contributed by atoms with E-state index in [2.05, 4.69) is 4.74 Å². The van der Waals surface area contributed by atoms with Crippen molar-refractivity contribution >= 4 is 29.9 Å². The number of esters is 1. The van der Waals surface area contributed by atoms with Gasteiger partial charge in [0.15, 0.2) is 11.5 Å². The maximum absolute atomic E-state index is 17.3. The van der Waals surface area contributed by atoms with Gasteiger partial charge in [0.25, 0.3) is 0 Å². The second-order valence-corrected chi connectivity index (χ2v) is 10.9. The second kappa shape index (κ2) is 10.3. The van der Waals surface area contributed by atoms with Crippen LogP contribution in [0.4, 0.5) is 12.9 Å². The number of rotatable bonds is 8. The Hall–Kier alpha value is -4.04. The fourth-order valence-corrected chi connectivity index (χ4v) is 7.23. The normalized spacial score (nSPS) is 11.6. The van der Waals surface area contributed by atoms with Crippen LogP contribution in [0, 0.1) is 0 Å². The molecule has 8 heteroatoms. The lowest BCUT2D eigenvalue weighted by Crippen LogP contribution is -2.65. The fraction of sp³-hybridized carbons (Fsp3) is 0.107. The minimum absolute atomic E-state index is 0.167. The average molecular weight is 509 g/mol. The van der Waals surface area contributed by atoms with Gasteiger partial charge in [-0.3, -0.25) is 4.11 Å². The molecule has 0 aliphatic rings. The lowest BCUT2D eigenvalue weighted by atomic mass is 10.2. The van der Waals surface area contributed by atoms with Crippen LogP contribution in [0.1, 0.15) is 15.9 Å². The number of methoxy groups -OCH3 is 2. The van der Waals surface area contributed by atoms with E-state index in [9.17, 15) is 4.79 Å². The summed E-state index contributed by atoms with van der Waals surface area (Å²) >= 11 is 0. The highest BCUT2D eigenvalue weighted by atomic mass is 28.4. The first kappa shape index (κ1) is 25.1. The fourth-order valence-electron chi connectivity index (χ4n) is 4.04. The molecule has 36 heavy (non-hydrogen) atoms. The number of carbonyl (C=O) groups excluding carboxylic acids is 1. The van der Waals surface area contributed by atoms with E-state index in [0.717, 1.165) is 6.07 Å². The van der Waals surface area contributed by atoms with Crippen LogP contribution >= 0.6 is 0 Å². The lowest BCUT2D eigenvalue weighted by Gasteiger charge is -2.28. The van der Waals surface area contributed by atoms with Gasteiger partial charge in [-0.15, -0.1) is 0 Å². The average Bonchev–Trinajstić information content (AvgIpc) is 2.93. The molecule has 4 aromatic rings. The molecule has 4 nitrogen and oxygen atoms in total. The molecule has 0 heterocycles. The third-order valence-electron chi connectivity index (χ3n) is 5.80. The van der Waals surface area contributed by atoms with Crippen molar-refractivity contribution in [2.24, 2.45) is 0 Å². The number of alkyl halides is 2. The van der Waals surface area contributed by atoms with Crippen molar-refractivity contribution in [1.82, 2.24) is 0 Å². The number of hydrogen-bond donors (Lipinski definition) is 0. The molecule has 184 valence electrons. The quantitative estimate of drug-likeness (QED) is 0.152. The Morgan fingerprint density at radius 3 is 1.81 bits per heavy atom. The van der Waals surface area contributed by atoms with Gasteiger partial charge in [0.1, 0.15) is 0 Å². The molecule has 0 bridgehead atoms. The summed E-state index contributed by atoms with van der Waals surface area (Å²) in [6.45, 7) is 0. The van der Waals surface area contributed by atoms with Crippen LogP contribution in [-0.4, -0.2) is 28.6 Å². The Kier molecular flexibility index (Phi) is 7.16. The maximum Gasteiger partial charge on any atom is 0.428 e. The predicted molar refractivity (Wildman–Crippen MR) is 134 cm³/mol. The molecular weight excluding hydrogens is 485 g/mol. The first-order valence-corrected chi connectivity index (χ1v) is 12.9. The first-order chi connectivity index (χ1) is 17.3. The smallest absolute Gasteiger partial charge is 0.428 e. The van der Waals surface area contributed by atoms with Crippen molar-refractivity contribution in [3.8, 4) is 11.5 Å². The Morgan fingerprint density at radius 2 is 1.25 bits per heavy atom. The molecule has 0 aliphatic heterocycles. The van der Waals surface area contributed by atoms with E-state index in [0.29, 0.717) is 16.1 Å². The van der Waals surface area contributed by atoms with Crippen molar-refractivity contribution < 1.29 is 31.9 Å². The number of ether oxygens (including phenoxy) is 3. The van der Waals surface area contributed by atoms with Crippen LogP contribution in [0.3, 0.4) is 0 Å². The van der Waals surface area contributed by atoms with Gasteiger partial charge in [-0.1, -0.05) is 78.9 Å². The van der Waals surface area contributed by atoms with Crippen molar-refractivity contribution in [2.45, 2.75) is 6.11 Å². The van der Waals surface area contributed by atoms with Crippen molar-refractivity contribution in [2.75, 3.05) is 14.2 Å². The standard InChI is InChI=1S/C28H23F3O4Si/c1-33-24-18-17-20(19-25(24)34-2)27(32)35-28(29,30)23-15-9-10-16-26(23)36(31,21-11-5-3-6-12-21)22-13-7-4-8-14-22/h3-19H,1-2H3. The number of halogens is 3. The van der Waals surface area contributed by atoms with Crippen LogP contribution in [0.2, 0.25) is 0 Å². The zero-order chi connectivity index (χ0) is 25.8. The van der Waals surface area contributed by atoms with E-state index in [1.165, 1.54) is 50.6 Å². The number of hydrogen-bond acceptors (Lipinski definition) is 4. The molecular formula is C28H23F3O4Si. The predicted octanol–water partition coefficient (Wildman–Crippen LogP) is 4.55. The molecule has 0 spiro atoms. The number of benzene rings is 4. The summed E-state index contributed by atoms with van der Waals surface area (Å²) in [4.78, 5) is 12.7. The monoisotopic (exact) mass is 508 g/mol. The van der Waals surface area contributed by atoms with E-state index in [4.69, 9.17) is 9.47 Å². The topological polar surface area (TPSA) is 44.8 Å². The van der Waals surface area contributed by atoms with Crippen LogP contribution in [0.25, 0.3) is 0 Å². The van der Waals surface area contributed by atoms with Gasteiger partial charge < -0.3 is 14.2 Å². The summed E-state index contributed by atoms with van der Waals surface area (Å²) in [6, 6.07) is 25.7. The molecule has 4 rings (SSSR count).